The van der Waals surface area contributed by atoms with E-state index in [-0.39, 0.29) is 5.91 Å². The maximum absolute atomic E-state index is 12.0. The molecule has 1 aliphatic heterocycles. The lowest BCUT2D eigenvalue weighted by molar-refractivity contribution is -0.116. The van der Waals surface area contributed by atoms with Crippen molar-refractivity contribution in [2.75, 3.05) is 23.3 Å². The molecule has 1 aliphatic rings. The highest BCUT2D eigenvalue weighted by molar-refractivity contribution is 5.90. The first-order valence-corrected chi connectivity index (χ1v) is 9.11. The van der Waals surface area contributed by atoms with Crippen LogP contribution >= 0.6 is 0 Å². The van der Waals surface area contributed by atoms with Gasteiger partial charge in [0.1, 0.15) is 0 Å². The summed E-state index contributed by atoms with van der Waals surface area (Å²) in [5.41, 5.74) is 1.93. The van der Waals surface area contributed by atoms with Crippen LogP contribution in [0.2, 0.25) is 0 Å². The van der Waals surface area contributed by atoms with E-state index in [9.17, 15) is 4.79 Å². The van der Waals surface area contributed by atoms with E-state index in [1.165, 1.54) is 18.4 Å². The summed E-state index contributed by atoms with van der Waals surface area (Å²) in [5, 5.41) is 2.88. The molecule has 2 heterocycles. The van der Waals surface area contributed by atoms with Crippen LogP contribution in [0, 0.1) is 5.92 Å². The predicted octanol–water partition coefficient (Wildman–Crippen LogP) is 3.67. The Morgan fingerprint density at radius 3 is 2.52 bits per heavy atom. The number of hydrogen-bond donors (Lipinski definition) is 1. The Kier molecular flexibility index (Phi) is 5.99. The predicted molar refractivity (Wildman–Crippen MR) is 101 cm³/mol. The molecule has 3 rings (SSSR count). The maximum atomic E-state index is 12.0. The van der Waals surface area contributed by atoms with Gasteiger partial charge in [0.15, 0.2) is 0 Å². The molecule has 0 aliphatic carbocycles. The maximum Gasteiger partial charge on any atom is 0.225 e. The summed E-state index contributed by atoms with van der Waals surface area (Å²) in [4.78, 5) is 23.1. The van der Waals surface area contributed by atoms with Crippen LogP contribution in [0.25, 0.3) is 0 Å². The molecule has 0 bridgehead atoms. The number of carbonyl (C=O) groups is 1. The minimum absolute atomic E-state index is 0.0130. The Bertz CT molecular complexity index is 664. The van der Waals surface area contributed by atoms with E-state index >= 15 is 0 Å². The number of aryl methyl sites for hydroxylation is 1. The summed E-state index contributed by atoms with van der Waals surface area (Å²) in [5.74, 6) is 1.55. The molecule has 0 unspecified atom stereocenters. The van der Waals surface area contributed by atoms with Crippen molar-refractivity contribution in [3.63, 3.8) is 0 Å². The van der Waals surface area contributed by atoms with Crippen LogP contribution < -0.4 is 10.2 Å². The standard InChI is InChI=1S/C20H26N4O/c1-16-10-12-24(13-11-16)20-21-14-18(15-22-20)23-19(25)9-5-8-17-6-3-2-4-7-17/h2-4,6-7,14-16H,5,8-13H2,1H3,(H,23,25). The minimum Gasteiger partial charge on any atom is -0.341 e. The third-order valence-electron chi connectivity index (χ3n) is 4.70. The van der Waals surface area contributed by atoms with Crippen molar-refractivity contribution in [3.8, 4) is 0 Å². The molecular weight excluding hydrogens is 312 g/mol. The number of benzene rings is 1. The molecule has 1 aromatic carbocycles. The van der Waals surface area contributed by atoms with Crippen molar-refractivity contribution in [2.45, 2.75) is 39.0 Å². The van der Waals surface area contributed by atoms with Crippen LogP contribution in [-0.4, -0.2) is 29.0 Å². The van der Waals surface area contributed by atoms with Crippen LogP contribution in [0.4, 0.5) is 11.6 Å². The summed E-state index contributed by atoms with van der Waals surface area (Å²) in [6.45, 7) is 4.30. The number of piperidine rings is 1. The molecule has 0 saturated carbocycles. The van der Waals surface area contributed by atoms with E-state index in [1.807, 2.05) is 18.2 Å². The van der Waals surface area contributed by atoms with Crippen molar-refractivity contribution in [1.29, 1.82) is 0 Å². The first-order chi connectivity index (χ1) is 12.2. The number of nitrogens with one attached hydrogen (secondary N) is 1. The van der Waals surface area contributed by atoms with Gasteiger partial charge in [-0.15, -0.1) is 0 Å². The van der Waals surface area contributed by atoms with Crippen LogP contribution in [0.3, 0.4) is 0 Å². The summed E-state index contributed by atoms with van der Waals surface area (Å²) in [6, 6.07) is 10.2. The molecule has 0 radical (unpaired) electrons. The fourth-order valence-corrected chi connectivity index (χ4v) is 3.08. The normalized spacial score (nSPS) is 15.2. The van der Waals surface area contributed by atoms with Gasteiger partial charge in [0, 0.05) is 19.5 Å². The van der Waals surface area contributed by atoms with Crippen molar-refractivity contribution in [2.24, 2.45) is 5.92 Å². The van der Waals surface area contributed by atoms with Gasteiger partial charge in [-0.1, -0.05) is 37.3 Å². The van der Waals surface area contributed by atoms with E-state index < -0.39 is 0 Å². The third kappa shape index (κ3) is 5.28. The van der Waals surface area contributed by atoms with Crippen LogP contribution in [-0.2, 0) is 11.2 Å². The van der Waals surface area contributed by atoms with Crippen molar-refractivity contribution < 1.29 is 4.79 Å². The molecule has 1 N–H and O–H groups in total. The van der Waals surface area contributed by atoms with Crippen LogP contribution in [0.1, 0.15) is 38.2 Å². The summed E-state index contributed by atoms with van der Waals surface area (Å²) >= 11 is 0. The number of carbonyl (C=O) groups excluding carboxylic acids is 1. The Labute approximate surface area is 149 Å². The monoisotopic (exact) mass is 338 g/mol. The summed E-state index contributed by atoms with van der Waals surface area (Å²) in [6.07, 6.45) is 8.02. The Balaban J connectivity index is 1.44. The van der Waals surface area contributed by atoms with Gasteiger partial charge in [-0.2, -0.15) is 0 Å². The SMILES string of the molecule is CC1CCN(c2ncc(NC(=O)CCCc3ccccc3)cn2)CC1. The van der Waals surface area contributed by atoms with Crippen molar-refractivity contribution in [1.82, 2.24) is 9.97 Å². The molecule has 1 amide bonds. The number of aromatic nitrogens is 2. The molecule has 1 saturated heterocycles. The van der Waals surface area contributed by atoms with Gasteiger partial charge in [0.25, 0.3) is 0 Å². The fourth-order valence-electron chi connectivity index (χ4n) is 3.08. The second-order valence-corrected chi connectivity index (χ2v) is 6.83. The number of amides is 1. The fraction of sp³-hybridized carbons (Fsp3) is 0.450. The average Bonchev–Trinajstić information content (AvgIpc) is 2.64. The molecule has 132 valence electrons. The van der Waals surface area contributed by atoms with Gasteiger partial charge in [-0.25, -0.2) is 9.97 Å². The molecule has 5 nitrogen and oxygen atoms in total. The van der Waals surface area contributed by atoms with Gasteiger partial charge in [-0.05, 0) is 37.2 Å². The summed E-state index contributed by atoms with van der Waals surface area (Å²) < 4.78 is 0. The third-order valence-corrected chi connectivity index (χ3v) is 4.70. The van der Waals surface area contributed by atoms with Gasteiger partial charge in [-0.3, -0.25) is 4.79 Å². The largest absolute Gasteiger partial charge is 0.341 e. The molecule has 0 atom stereocenters. The van der Waals surface area contributed by atoms with E-state index in [0.29, 0.717) is 12.1 Å². The average molecular weight is 338 g/mol. The molecular formula is C20H26N4O. The van der Waals surface area contributed by atoms with Crippen LogP contribution in [0.15, 0.2) is 42.7 Å². The van der Waals surface area contributed by atoms with E-state index in [4.69, 9.17) is 0 Å². The lowest BCUT2D eigenvalue weighted by atomic mass is 10.00. The number of nitrogens with zero attached hydrogens (tertiary/aromatic N) is 3. The second-order valence-electron chi connectivity index (χ2n) is 6.83. The van der Waals surface area contributed by atoms with E-state index in [0.717, 1.165) is 37.8 Å². The Morgan fingerprint density at radius 2 is 1.84 bits per heavy atom. The quantitative estimate of drug-likeness (QED) is 0.873. The van der Waals surface area contributed by atoms with Crippen LogP contribution in [0.5, 0.6) is 0 Å². The molecule has 0 spiro atoms. The zero-order valence-corrected chi connectivity index (χ0v) is 14.8. The highest BCUT2D eigenvalue weighted by atomic mass is 16.1. The zero-order valence-electron chi connectivity index (χ0n) is 14.8. The first kappa shape index (κ1) is 17.4. The molecule has 1 fully saturated rings. The highest BCUT2D eigenvalue weighted by Gasteiger charge is 2.17. The van der Waals surface area contributed by atoms with Crippen molar-refractivity contribution >= 4 is 17.5 Å². The van der Waals surface area contributed by atoms with Gasteiger partial charge in [0.05, 0.1) is 18.1 Å². The van der Waals surface area contributed by atoms with E-state index in [1.54, 1.807) is 12.4 Å². The zero-order chi connectivity index (χ0) is 17.5. The smallest absolute Gasteiger partial charge is 0.225 e. The van der Waals surface area contributed by atoms with E-state index in [2.05, 4.69) is 39.2 Å². The second kappa shape index (κ2) is 8.60. The Hall–Kier alpha value is -2.43. The number of rotatable bonds is 6. The van der Waals surface area contributed by atoms with Gasteiger partial charge >= 0.3 is 0 Å². The first-order valence-electron chi connectivity index (χ1n) is 9.11. The number of anilines is 2. The topological polar surface area (TPSA) is 58.1 Å². The lowest BCUT2D eigenvalue weighted by Crippen LogP contribution is -2.34. The molecule has 5 heteroatoms. The van der Waals surface area contributed by atoms with Gasteiger partial charge in [0.2, 0.25) is 11.9 Å². The van der Waals surface area contributed by atoms with Crippen molar-refractivity contribution in [3.05, 3.63) is 48.3 Å². The molecule has 2 aromatic rings. The Morgan fingerprint density at radius 1 is 1.16 bits per heavy atom. The lowest BCUT2D eigenvalue weighted by Gasteiger charge is -2.30. The minimum atomic E-state index is 0.0130. The summed E-state index contributed by atoms with van der Waals surface area (Å²) in [7, 11) is 0. The molecule has 25 heavy (non-hydrogen) atoms. The van der Waals surface area contributed by atoms with Gasteiger partial charge < -0.3 is 10.2 Å². The molecule has 1 aromatic heterocycles. The highest BCUT2D eigenvalue weighted by Crippen LogP contribution is 2.20. The number of hydrogen-bond acceptors (Lipinski definition) is 4.